The lowest BCUT2D eigenvalue weighted by Crippen LogP contribution is -2.50. The average Bonchev–Trinajstić information content (AvgIpc) is 2.48. The van der Waals surface area contributed by atoms with Gasteiger partial charge in [-0.2, -0.15) is 0 Å². The summed E-state index contributed by atoms with van der Waals surface area (Å²) >= 11 is 0. The van der Waals surface area contributed by atoms with Gasteiger partial charge in [0.1, 0.15) is 0 Å². The molecule has 2 atom stereocenters. The van der Waals surface area contributed by atoms with Crippen molar-refractivity contribution in [3.63, 3.8) is 0 Å². The van der Waals surface area contributed by atoms with Crippen molar-refractivity contribution in [3.05, 3.63) is 0 Å². The molecular weight excluding hydrogens is 260 g/mol. The summed E-state index contributed by atoms with van der Waals surface area (Å²) in [5, 5.41) is 6.82. The Morgan fingerprint density at radius 1 is 0.900 bits per heavy atom. The first kappa shape index (κ1) is 16.9. The summed E-state index contributed by atoms with van der Waals surface area (Å²) in [6, 6.07) is 0.706. The van der Waals surface area contributed by atoms with Gasteiger partial charge >= 0.3 is 11.9 Å². The molecule has 0 bridgehead atoms. The SMILES string of the molecule is COC(=O)CCN[C@H]1CCCC[C@@H]1NCCC(=O)OC. The fourth-order valence-electron chi connectivity index (χ4n) is 2.54. The summed E-state index contributed by atoms with van der Waals surface area (Å²) in [7, 11) is 2.81. The van der Waals surface area contributed by atoms with Crippen molar-refractivity contribution >= 4 is 11.9 Å². The van der Waals surface area contributed by atoms with Crippen LogP contribution in [0.25, 0.3) is 0 Å². The van der Waals surface area contributed by atoms with Crippen LogP contribution >= 0.6 is 0 Å². The second-order valence-electron chi connectivity index (χ2n) is 5.06. The second-order valence-corrected chi connectivity index (χ2v) is 5.06. The molecule has 20 heavy (non-hydrogen) atoms. The highest BCUT2D eigenvalue weighted by Crippen LogP contribution is 2.18. The highest BCUT2D eigenvalue weighted by molar-refractivity contribution is 5.69. The van der Waals surface area contributed by atoms with Crippen molar-refractivity contribution in [2.75, 3.05) is 27.3 Å². The Bertz CT molecular complexity index is 280. The maximum atomic E-state index is 11.1. The van der Waals surface area contributed by atoms with Crippen LogP contribution in [-0.2, 0) is 19.1 Å². The third kappa shape index (κ3) is 6.34. The zero-order valence-corrected chi connectivity index (χ0v) is 12.4. The summed E-state index contributed by atoms with van der Waals surface area (Å²) in [6.07, 6.45) is 5.37. The van der Waals surface area contributed by atoms with Gasteiger partial charge in [0.2, 0.25) is 0 Å². The molecule has 0 aromatic rings. The van der Waals surface area contributed by atoms with Crippen molar-refractivity contribution in [1.82, 2.24) is 10.6 Å². The van der Waals surface area contributed by atoms with Gasteiger partial charge in [0.15, 0.2) is 0 Å². The van der Waals surface area contributed by atoms with Crippen molar-refractivity contribution in [2.45, 2.75) is 50.6 Å². The van der Waals surface area contributed by atoms with Gasteiger partial charge in [-0.25, -0.2) is 0 Å². The molecule has 2 N–H and O–H groups in total. The number of ether oxygens (including phenoxy) is 2. The lowest BCUT2D eigenvalue weighted by molar-refractivity contribution is -0.141. The Hall–Kier alpha value is -1.14. The predicted molar refractivity (Wildman–Crippen MR) is 75.3 cm³/mol. The first-order valence-electron chi connectivity index (χ1n) is 7.27. The molecule has 0 amide bonds. The minimum Gasteiger partial charge on any atom is -0.469 e. The van der Waals surface area contributed by atoms with Gasteiger partial charge < -0.3 is 20.1 Å². The van der Waals surface area contributed by atoms with E-state index in [2.05, 4.69) is 20.1 Å². The summed E-state index contributed by atoms with van der Waals surface area (Å²) in [5.41, 5.74) is 0. The summed E-state index contributed by atoms with van der Waals surface area (Å²) in [5.74, 6) is -0.382. The zero-order chi connectivity index (χ0) is 14.8. The largest absolute Gasteiger partial charge is 0.469 e. The quantitative estimate of drug-likeness (QED) is 0.637. The fraction of sp³-hybridized carbons (Fsp3) is 0.857. The van der Waals surface area contributed by atoms with Crippen molar-refractivity contribution < 1.29 is 19.1 Å². The van der Waals surface area contributed by atoms with E-state index < -0.39 is 0 Å². The molecule has 6 heteroatoms. The normalized spacial score (nSPS) is 22.3. The van der Waals surface area contributed by atoms with Crippen LogP contribution in [0.15, 0.2) is 0 Å². The van der Waals surface area contributed by atoms with E-state index in [1.165, 1.54) is 27.1 Å². The molecule has 0 radical (unpaired) electrons. The maximum absolute atomic E-state index is 11.1. The van der Waals surface area contributed by atoms with Gasteiger partial charge in [-0.3, -0.25) is 9.59 Å². The molecule has 116 valence electrons. The number of hydrogen-bond acceptors (Lipinski definition) is 6. The Morgan fingerprint density at radius 2 is 1.30 bits per heavy atom. The summed E-state index contributed by atoms with van der Waals surface area (Å²) in [4.78, 5) is 22.2. The molecule has 0 spiro atoms. The molecule has 0 aromatic heterocycles. The van der Waals surface area contributed by atoms with Gasteiger partial charge in [-0.15, -0.1) is 0 Å². The molecule has 0 heterocycles. The van der Waals surface area contributed by atoms with Crippen LogP contribution < -0.4 is 10.6 Å². The lowest BCUT2D eigenvalue weighted by Gasteiger charge is -2.33. The zero-order valence-electron chi connectivity index (χ0n) is 12.4. The van der Waals surface area contributed by atoms with Crippen LogP contribution in [0, 0.1) is 0 Å². The Balaban J connectivity index is 2.26. The molecule has 1 aliphatic carbocycles. The number of esters is 2. The standard InChI is InChI=1S/C14H26N2O4/c1-19-13(17)7-9-15-11-5-3-4-6-12(11)16-10-8-14(18)20-2/h11-12,15-16H,3-10H2,1-2H3/t11-,12-/m0/s1. The topological polar surface area (TPSA) is 76.7 Å². The Morgan fingerprint density at radius 3 is 1.65 bits per heavy atom. The van der Waals surface area contributed by atoms with E-state index in [0.717, 1.165) is 12.8 Å². The predicted octanol–water partition coefficient (Wildman–Crippen LogP) is 0.603. The van der Waals surface area contributed by atoms with Crippen LogP contribution in [0.5, 0.6) is 0 Å². The molecule has 0 aliphatic heterocycles. The third-order valence-electron chi connectivity index (χ3n) is 3.69. The molecule has 0 unspecified atom stereocenters. The molecule has 0 aromatic carbocycles. The molecule has 1 fully saturated rings. The van der Waals surface area contributed by atoms with Crippen LogP contribution in [-0.4, -0.2) is 51.3 Å². The average molecular weight is 286 g/mol. The van der Waals surface area contributed by atoms with Crippen molar-refractivity contribution in [2.24, 2.45) is 0 Å². The molecule has 1 aliphatic rings. The number of nitrogens with one attached hydrogen (secondary N) is 2. The number of hydrogen-bond donors (Lipinski definition) is 2. The van der Waals surface area contributed by atoms with Crippen LogP contribution in [0.4, 0.5) is 0 Å². The number of rotatable bonds is 8. The first-order chi connectivity index (χ1) is 9.67. The molecule has 6 nitrogen and oxygen atoms in total. The smallest absolute Gasteiger partial charge is 0.306 e. The highest BCUT2D eigenvalue weighted by atomic mass is 16.5. The van der Waals surface area contributed by atoms with Gasteiger partial charge in [-0.05, 0) is 12.8 Å². The van der Waals surface area contributed by atoms with E-state index in [0.29, 0.717) is 38.0 Å². The fourth-order valence-corrected chi connectivity index (χ4v) is 2.54. The number of carbonyl (C=O) groups excluding carboxylic acids is 2. The van der Waals surface area contributed by atoms with Crippen molar-refractivity contribution in [1.29, 1.82) is 0 Å². The monoisotopic (exact) mass is 286 g/mol. The van der Waals surface area contributed by atoms with Gasteiger partial charge in [0.25, 0.3) is 0 Å². The van der Waals surface area contributed by atoms with Crippen LogP contribution in [0.1, 0.15) is 38.5 Å². The second kappa shape index (κ2) is 9.72. The van der Waals surface area contributed by atoms with Gasteiger partial charge in [0.05, 0.1) is 27.1 Å². The van der Waals surface area contributed by atoms with Gasteiger partial charge in [-0.1, -0.05) is 12.8 Å². The van der Waals surface area contributed by atoms with Gasteiger partial charge in [0, 0.05) is 25.2 Å². The summed E-state index contributed by atoms with van der Waals surface area (Å²) in [6.45, 7) is 1.26. The van der Waals surface area contributed by atoms with E-state index in [9.17, 15) is 9.59 Å². The molecule has 1 saturated carbocycles. The minimum atomic E-state index is -0.191. The Kier molecular flexibility index (Phi) is 8.22. The molecular formula is C14H26N2O4. The van der Waals surface area contributed by atoms with Crippen LogP contribution in [0.3, 0.4) is 0 Å². The number of methoxy groups -OCH3 is 2. The van der Waals surface area contributed by atoms with E-state index >= 15 is 0 Å². The van der Waals surface area contributed by atoms with E-state index in [-0.39, 0.29) is 11.9 Å². The first-order valence-corrected chi connectivity index (χ1v) is 7.27. The molecule has 1 rings (SSSR count). The third-order valence-corrected chi connectivity index (χ3v) is 3.69. The van der Waals surface area contributed by atoms with E-state index in [4.69, 9.17) is 0 Å². The van der Waals surface area contributed by atoms with Crippen molar-refractivity contribution in [3.8, 4) is 0 Å². The van der Waals surface area contributed by atoms with E-state index in [1.807, 2.05) is 0 Å². The van der Waals surface area contributed by atoms with Crippen LogP contribution in [0.2, 0.25) is 0 Å². The molecule has 0 saturated heterocycles. The minimum absolute atomic E-state index is 0.191. The highest BCUT2D eigenvalue weighted by Gasteiger charge is 2.24. The lowest BCUT2D eigenvalue weighted by atomic mass is 9.90. The Labute approximate surface area is 120 Å². The maximum Gasteiger partial charge on any atom is 0.306 e. The number of carbonyl (C=O) groups is 2. The van der Waals surface area contributed by atoms with E-state index in [1.54, 1.807) is 0 Å². The summed E-state index contributed by atoms with van der Waals surface area (Å²) < 4.78 is 9.25.